The van der Waals surface area contributed by atoms with E-state index in [4.69, 9.17) is 0 Å². The summed E-state index contributed by atoms with van der Waals surface area (Å²) in [4.78, 5) is 0. The van der Waals surface area contributed by atoms with Crippen molar-refractivity contribution in [2.75, 3.05) is 0 Å². The van der Waals surface area contributed by atoms with Crippen LogP contribution >= 0.6 is 0 Å². The van der Waals surface area contributed by atoms with Crippen molar-refractivity contribution >= 4 is 0 Å². The van der Waals surface area contributed by atoms with Gasteiger partial charge in [-0.25, -0.2) is 0 Å². The van der Waals surface area contributed by atoms with Gasteiger partial charge in [-0.1, -0.05) is 35.1 Å². The normalized spacial score (nSPS) is 8.46. The number of hydrogen-bond acceptors (Lipinski definition) is 2. The molecule has 0 saturated carbocycles. The van der Waals surface area contributed by atoms with E-state index >= 15 is 0 Å². The minimum Gasteiger partial charge on any atom is -0.156 e. The van der Waals surface area contributed by atoms with Gasteiger partial charge in [0.05, 0.1) is 11.4 Å². The first kappa shape index (κ1) is 14.6. The molecule has 0 fully saturated rings. The molecule has 1 aromatic rings. The highest BCUT2D eigenvalue weighted by Crippen LogP contribution is 2.08. The number of aryl methyl sites for hydroxylation is 1. The molecule has 0 unspecified atom stereocenters. The zero-order valence-corrected chi connectivity index (χ0v) is 8.63. The van der Waals surface area contributed by atoms with Gasteiger partial charge in [-0.2, -0.15) is 10.2 Å². The van der Waals surface area contributed by atoms with Crippen LogP contribution in [0, 0.1) is 6.92 Å². The van der Waals surface area contributed by atoms with Crippen molar-refractivity contribution in [1.82, 2.24) is 10.2 Å². The fraction of sp³-hybridized carbons (Fsp3) is 0.636. The molecule has 0 aliphatic rings. The predicted octanol–water partition coefficient (Wildman–Crippen LogP) is 3.57. The Balaban J connectivity index is 0. The second kappa shape index (κ2) is 7.71. The summed E-state index contributed by atoms with van der Waals surface area (Å²) in [5, 5.41) is 7.98. The minimum absolute atomic E-state index is 0. The summed E-state index contributed by atoms with van der Waals surface area (Å²) in [5.41, 5.74) is 2.04. The molecule has 2 nitrogen and oxygen atoms in total. The zero-order valence-electron chi connectivity index (χ0n) is 8.63. The second-order valence-electron chi connectivity index (χ2n) is 2.75. The maximum absolute atomic E-state index is 4.03. The molecule has 2 heteroatoms. The van der Waals surface area contributed by atoms with E-state index in [1.165, 1.54) is 0 Å². The van der Waals surface area contributed by atoms with Gasteiger partial charge < -0.3 is 0 Å². The average Bonchev–Trinajstić information content (AvgIpc) is 2.09. The molecule has 0 saturated heterocycles. The number of nitrogens with zero attached hydrogens (tertiary/aromatic N) is 2. The molecule has 1 rings (SSSR count). The molecule has 0 radical (unpaired) electrons. The summed E-state index contributed by atoms with van der Waals surface area (Å²) in [6, 6.07) is 4.01. The van der Waals surface area contributed by atoms with E-state index in [1.54, 1.807) is 0 Å². The number of aromatic nitrogens is 2. The molecule has 0 atom stereocenters. The first-order valence-corrected chi connectivity index (χ1v) is 4.50. The lowest BCUT2D eigenvalue weighted by molar-refractivity contribution is 0.777. The van der Waals surface area contributed by atoms with Crippen molar-refractivity contribution in [3.63, 3.8) is 0 Å². The van der Waals surface area contributed by atoms with Gasteiger partial charge >= 0.3 is 0 Å². The van der Waals surface area contributed by atoms with Gasteiger partial charge in [-0.05, 0) is 25.0 Å². The number of rotatable bonds is 1. The minimum atomic E-state index is 0. The molecule has 1 aromatic heterocycles. The van der Waals surface area contributed by atoms with E-state index in [0.29, 0.717) is 5.92 Å². The van der Waals surface area contributed by atoms with Gasteiger partial charge in [0.15, 0.2) is 0 Å². The first-order chi connectivity index (χ1) is 5.70. The van der Waals surface area contributed by atoms with Crippen LogP contribution in [-0.4, -0.2) is 10.2 Å². The standard InChI is InChI=1S/C8H12N2.C2H6.CH4/c1-6(2)8-5-4-7(3)9-10-8;1-2;/h4-6H,1-3H3;1-2H3;1H4. The Hall–Kier alpha value is -0.920. The molecular weight excluding hydrogens is 160 g/mol. The Labute approximate surface area is 82.4 Å². The maximum Gasteiger partial charge on any atom is 0.0656 e. The van der Waals surface area contributed by atoms with E-state index in [1.807, 2.05) is 32.9 Å². The van der Waals surface area contributed by atoms with Crippen LogP contribution < -0.4 is 0 Å². The molecule has 0 bridgehead atoms. The van der Waals surface area contributed by atoms with Crippen LogP contribution in [0.3, 0.4) is 0 Å². The van der Waals surface area contributed by atoms with Gasteiger partial charge in [0, 0.05) is 0 Å². The zero-order chi connectivity index (χ0) is 9.56. The summed E-state index contributed by atoms with van der Waals surface area (Å²) in [7, 11) is 0. The van der Waals surface area contributed by atoms with Crippen LogP contribution in [0.5, 0.6) is 0 Å². The topological polar surface area (TPSA) is 25.8 Å². The van der Waals surface area contributed by atoms with Gasteiger partial charge in [-0.15, -0.1) is 0 Å². The van der Waals surface area contributed by atoms with Crippen molar-refractivity contribution in [2.45, 2.75) is 48.0 Å². The summed E-state index contributed by atoms with van der Waals surface area (Å²) in [6.07, 6.45) is 0. The van der Waals surface area contributed by atoms with Gasteiger partial charge in [0.25, 0.3) is 0 Å². The van der Waals surface area contributed by atoms with Gasteiger partial charge in [0.1, 0.15) is 0 Å². The lowest BCUT2D eigenvalue weighted by atomic mass is 10.1. The molecule has 0 amide bonds. The van der Waals surface area contributed by atoms with Crippen LogP contribution in [0.2, 0.25) is 0 Å². The van der Waals surface area contributed by atoms with Crippen molar-refractivity contribution in [1.29, 1.82) is 0 Å². The van der Waals surface area contributed by atoms with Crippen LogP contribution in [-0.2, 0) is 0 Å². The summed E-state index contributed by atoms with van der Waals surface area (Å²) in [6.45, 7) is 10.2. The molecule has 0 aromatic carbocycles. The van der Waals surface area contributed by atoms with Crippen LogP contribution in [0.25, 0.3) is 0 Å². The average molecular weight is 182 g/mol. The first-order valence-electron chi connectivity index (χ1n) is 4.50. The van der Waals surface area contributed by atoms with E-state index in [-0.39, 0.29) is 7.43 Å². The lowest BCUT2D eigenvalue weighted by Crippen LogP contribution is -1.95. The monoisotopic (exact) mass is 182 g/mol. The third kappa shape index (κ3) is 5.34. The van der Waals surface area contributed by atoms with Crippen molar-refractivity contribution < 1.29 is 0 Å². The van der Waals surface area contributed by atoms with Crippen molar-refractivity contribution in [2.24, 2.45) is 0 Å². The summed E-state index contributed by atoms with van der Waals surface area (Å²) < 4.78 is 0. The second-order valence-corrected chi connectivity index (χ2v) is 2.75. The Kier molecular flexibility index (Phi) is 8.66. The Morgan fingerprint density at radius 1 is 1.08 bits per heavy atom. The van der Waals surface area contributed by atoms with Gasteiger partial charge in [-0.3, -0.25) is 0 Å². The Morgan fingerprint density at radius 3 is 1.92 bits per heavy atom. The fourth-order valence-corrected chi connectivity index (χ4v) is 0.717. The highest BCUT2D eigenvalue weighted by Gasteiger charge is 1.98. The highest BCUT2D eigenvalue weighted by atomic mass is 15.1. The molecule has 0 aliphatic heterocycles. The van der Waals surface area contributed by atoms with E-state index in [9.17, 15) is 0 Å². The van der Waals surface area contributed by atoms with Crippen molar-refractivity contribution in [3.05, 3.63) is 23.5 Å². The molecule has 0 spiro atoms. The molecule has 13 heavy (non-hydrogen) atoms. The number of hydrogen-bond donors (Lipinski definition) is 0. The van der Waals surface area contributed by atoms with E-state index in [0.717, 1.165) is 11.4 Å². The molecule has 0 aliphatic carbocycles. The summed E-state index contributed by atoms with van der Waals surface area (Å²) >= 11 is 0. The lowest BCUT2D eigenvalue weighted by Gasteiger charge is -2.00. The van der Waals surface area contributed by atoms with E-state index < -0.39 is 0 Å². The molecule has 1 heterocycles. The van der Waals surface area contributed by atoms with Crippen LogP contribution in [0.1, 0.15) is 52.4 Å². The summed E-state index contributed by atoms with van der Waals surface area (Å²) in [5.74, 6) is 0.480. The third-order valence-electron chi connectivity index (χ3n) is 1.41. The fourth-order valence-electron chi connectivity index (χ4n) is 0.717. The quantitative estimate of drug-likeness (QED) is 0.663. The third-order valence-corrected chi connectivity index (χ3v) is 1.41. The molecular formula is C11H22N2. The van der Waals surface area contributed by atoms with Gasteiger partial charge in [0.2, 0.25) is 0 Å². The molecule has 0 N–H and O–H groups in total. The van der Waals surface area contributed by atoms with Crippen LogP contribution in [0.4, 0.5) is 0 Å². The highest BCUT2D eigenvalue weighted by molar-refractivity contribution is 5.08. The van der Waals surface area contributed by atoms with Crippen molar-refractivity contribution in [3.8, 4) is 0 Å². The van der Waals surface area contributed by atoms with E-state index in [2.05, 4.69) is 24.0 Å². The predicted molar refractivity (Wildman–Crippen MR) is 58.9 cm³/mol. The van der Waals surface area contributed by atoms with Crippen LogP contribution in [0.15, 0.2) is 12.1 Å². The maximum atomic E-state index is 4.03. The smallest absolute Gasteiger partial charge is 0.0656 e. The molecule has 76 valence electrons. The SMILES string of the molecule is C.CC.Cc1ccc(C(C)C)nn1. The largest absolute Gasteiger partial charge is 0.156 e. The Morgan fingerprint density at radius 2 is 1.62 bits per heavy atom. The Bertz CT molecular complexity index is 202.